The predicted octanol–water partition coefficient (Wildman–Crippen LogP) is 2.34. The van der Waals surface area contributed by atoms with Gasteiger partial charge in [-0.15, -0.1) is 0 Å². The fourth-order valence-corrected chi connectivity index (χ4v) is 2.87. The normalized spacial score (nSPS) is 26.1. The van der Waals surface area contributed by atoms with E-state index in [1.807, 2.05) is 6.92 Å². The number of carbonyl (C=O) groups excluding carboxylic acids is 1. The van der Waals surface area contributed by atoms with Crippen molar-refractivity contribution < 1.29 is 13.9 Å². The zero-order valence-corrected chi connectivity index (χ0v) is 11.1. The number of nitrogens with zero attached hydrogens (tertiary/aromatic N) is 1. The molecule has 1 aromatic rings. The van der Waals surface area contributed by atoms with Crippen LogP contribution in [0.15, 0.2) is 45.8 Å². The number of hydrogen-bond donors (Lipinski definition) is 1. The molecule has 2 N–H and O–H groups in total. The van der Waals surface area contributed by atoms with Crippen molar-refractivity contribution in [3.63, 3.8) is 0 Å². The molecule has 102 valence electrons. The third-order valence-corrected chi connectivity index (χ3v) is 3.74. The van der Waals surface area contributed by atoms with Crippen LogP contribution in [-0.2, 0) is 9.53 Å². The Morgan fingerprint density at radius 1 is 1.45 bits per heavy atom. The first kappa shape index (κ1) is 12.5. The van der Waals surface area contributed by atoms with Gasteiger partial charge in [-0.25, -0.2) is 0 Å². The lowest BCUT2D eigenvalue weighted by atomic mass is 9.76. The van der Waals surface area contributed by atoms with Gasteiger partial charge in [-0.3, -0.25) is 4.79 Å². The van der Waals surface area contributed by atoms with E-state index in [1.165, 1.54) is 12.5 Å². The minimum atomic E-state index is -0.470. The van der Waals surface area contributed by atoms with Crippen molar-refractivity contribution in [1.82, 2.24) is 0 Å². The Bertz CT molecular complexity index is 662. The molecular formula is C15H14N2O3. The minimum Gasteiger partial charge on any atom is -0.472 e. The maximum atomic E-state index is 12.4. The van der Waals surface area contributed by atoms with Crippen LogP contribution in [0.2, 0.25) is 0 Å². The Hall–Kier alpha value is -2.48. The third-order valence-electron chi connectivity index (χ3n) is 3.74. The van der Waals surface area contributed by atoms with Gasteiger partial charge < -0.3 is 14.9 Å². The molecule has 0 aromatic carbocycles. The molecule has 0 saturated carbocycles. The third kappa shape index (κ3) is 1.81. The molecule has 2 atom stereocenters. The van der Waals surface area contributed by atoms with E-state index >= 15 is 0 Å². The molecule has 5 heteroatoms. The quantitative estimate of drug-likeness (QED) is 0.846. The second kappa shape index (κ2) is 4.57. The van der Waals surface area contributed by atoms with E-state index in [0.29, 0.717) is 24.2 Å². The van der Waals surface area contributed by atoms with Crippen molar-refractivity contribution in [2.75, 3.05) is 0 Å². The van der Waals surface area contributed by atoms with Crippen molar-refractivity contribution in [3.05, 3.63) is 46.9 Å². The van der Waals surface area contributed by atoms with E-state index in [2.05, 4.69) is 6.07 Å². The summed E-state index contributed by atoms with van der Waals surface area (Å²) in [7, 11) is 0. The molecule has 0 amide bonds. The highest BCUT2D eigenvalue weighted by molar-refractivity contribution is 5.99. The molecule has 0 fully saturated rings. The number of carbonyl (C=O) groups is 1. The van der Waals surface area contributed by atoms with Gasteiger partial charge in [0.2, 0.25) is 5.88 Å². The van der Waals surface area contributed by atoms with Crippen LogP contribution >= 0.6 is 0 Å². The number of ether oxygens (including phenoxy) is 1. The van der Waals surface area contributed by atoms with E-state index in [4.69, 9.17) is 14.9 Å². The lowest BCUT2D eigenvalue weighted by molar-refractivity contribution is -0.117. The van der Waals surface area contributed by atoms with Crippen molar-refractivity contribution in [2.24, 2.45) is 11.7 Å². The smallest absolute Gasteiger partial charge is 0.205 e. The van der Waals surface area contributed by atoms with Crippen LogP contribution < -0.4 is 5.73 Å². The second-order valence-electron chi connectivity index (χ2n) is 5.25. The Balaban J connectivity index is 2.16. The molecule has 0 saturated heterocycles. The summed E-state index contributed by atoms with van der Waals surface area (Å²) in [5.41, 5.74) is 7.42. The molecule has 2 aliphatic rings. The maximum absolute atomic E-state index is 12.4. The van der Waals surface area contributed by atoms with Gasteiger partial charge in [-0.05, 0) is 12.0 Å². The largest absolute Gasteiger partial charge is 0.472 e. The van der Waals surface area contributed by atoms with Crippen LogP contribution in [0.1, 0.15) is 31.2 Å². The van der Waals surface area contributed by atoms with Crippen LogP contribution in [-0.4, -0.2) is 5.78 Å². The van der Waals surface area contributed by atoms with Crippen LogP contribution in [0, 0.1) is 17.2 Å². The van der Waals surface area contributed by atoms with Crippen molar-refractivity contribution >= 4 is 5.78 Å². The number of nitriles is 1. The number of hydrogen-bond acceptors (Lipinski definition) is 5. The van der Waals surface area contributed by atoms with Crippen LogP contribution in [0.25, 0.3) is 0 Å². The van der Waals surface area contributed by atoms with Gasteiger partial charge in [0.15, 0.2) is 5.78 Å². The predicted molar refractivity (Wildman–Crippen MR) is 69.8 cm³/mol. The van der Waals surface area contributed by atoms with Gasteiger partial charge in [0.1, 0.15) is 17.4 Å². The van der Waals surface area contributed by atoms with Gasteiger partial charge in [0.25, 0.3) is 0 Å². The zero-order valence-electron chi connectivity index (χ0n) is 11.1. The van der Waals surface area contributed by atoms with Crippen molar-refractivity contribution in [1.29, 1.82) is 5.26 Å². The molecule has 2 unspecified atom stereocenters. The number of nitrogens with two attached hydrogens (primary N) is 1. The number of rotatable bonds is 1. The second-order valence-corrected chi connectivity index (χ2v) is 5.25. The summed E-state index contributed by atoms with van der Waals surface area (Å²) in [6.07, 6.45) is 4.19. The average molecular weight is 270 g/mol. The minimum absolute atomic E-state index is 0.0187. The number of ketones is 1. The summed E-state index contributed by atoms with van der Waals surface area (Å²) >= 11 is 0. The Morgan fingerprint density at radius 3 is 2.90 bits per heavy atom. The van der Waals surface area contributed by atoms with E-state index in [9.17, 15) is 10.1 Å². The maximum Gasteiger partial charge on any atom is 0.205 e. The number of furan rings is 1. The topological polar surface area (TPSA) is 89.2 Å². The molecule has 5 nitrogen and oxygen atoms in total. The van der Waals surface area contributed by atoms with Crippen LogP contribution in [0.4, 0.5) is 0 Å². The highest BCUT2D eigenvalue weighted by Crippen LogP contribution is 2.44. The molecule has 1 aromatic heterocycles. The SMILES string of the molecule is CC1CC(=O)C2=C(C1)OC(N)=C(C#N)C2c1ccoc1. The summed E-state index contributed by atoms with van der Waals surface area (Å²) in [6, 6.07) is 3.80. The fraction of sp³-hybridized carbons (Fsp3) is 0.333. The number of Topliss-reactive ketones (excluding diaryl/α,β-unsaturated/α-hetero) is 1. The Labute approximate surface area is 116 Å². The molecule has 3 rings (SSSR count). The summed E-state index contributed by atoms with van der Waals surface area (Å²) in [6.45, 7) is 2.00. The van der Waals surface area contributed by atoms with Crippen LogP contribution in [0.3, 0.4) is 0 Å². The molecule has 0 radical (unpaired) electrons. The lowest BCUT2D eigenvalue weighted by Gasteiger charge is -2.32. The monoisotopic (exact) mass is 270 g/mol. The van der Waals surface area contributed by atoms with E-state index < -0.39 is 5.92 Å². The van der Waals surface area contributed by atoms with Gasteiger partial charge in [0, 0.05) is 24.0 Å². The van der Waals surface area contributed by atoms with E-state index in [0.717, 1.165) is 5.56 Å². The highest BCUT2D eigenvalue weighted by Gasteiger charge is 2.39. The first-order valence-electron chi connectivity index (χ1n) is 6.47. The van der Waals surface area contributed by atoms with Gasteiger partial charge in [0.05, 0.1) is 18.4 Å². The lowest BCUT2D eigenvalue weighted by Crippen LogP contribution is -2.29. The highest BCUT2D eigenvalue weighted by atomic mass is 16.5. The molecular weight excluding hydrogens is 256 g/mol. The van der Waals surface area contributed by atoms with Gasteiger partial charge in [-0.2, -0.15) is 5.26 Å². The van der Waals surface area contributed by atoms with E-state index in [1.54, 1.807) is 6.07 Å². The molecule has 1 aliphatic carbocycles. The van der Waals surface area contributed by atoms with E-state index in [-0.39, 0.29) is 23.2 Å². The molecule has 0 spiro atoms. The number of allylic oxidation sites excluding steroid dienone is 3. The summed E-state index contributed by atoms with van der Waals surface area (Å²) in [5.74, 6) is 0.450. The van der Waals surface area contributed by atoms with Crippen LogP contribution in [0.5, 0.6) is 0 Å². The van der Waals surface area contributed by atoms with Crippen molar-refractivity contribution in [2.45, 2.75) is 25.7 Å². The van der Waals surface area contributed by atoms with Crippen molar-refractivity contribution in [3.8, 4) is 6.07 Å². The zero-order chi connectivity index (χ0) is 14.3. The van der Waals surface area contributed by atoms with Gasteiger partial charge in [-0.1, -0.05) is 6.92 Å². The first-order valence-corrected chi connectivity index (χ1v) is 6.47. The summed E-state index contributed by atoms with van der Waals surface area (Å²) < 4.78 is 10.6. The standard InChI is InChI=1S/C15H14N2O3/c1-8-4-11(18)14-12(5-8)20-15(17)10(6-16)13(14)9-2-3-19-7-9/h2-3,7-8,13H,4-5,17H2,1H3. The molecule has 0 bridgehead atoms. The molecule has 20 heavy (non-hydrogen) atoms. The summed E-state index contributed by atoms with van der Waals surface area (Å²) in [5, 5.41) is 9.33. The van der Waals surface area contributed by atoms with Gasteiger partial charge >= 0.3 is 0 Å². The summed E-state index contributed by atoms with van der Waals surface area (Å²) in [4.78, 5) is 12.4. The Kier molecular flexibility index (Phi) is 2.87. The molecule has 1 aliphatic heterocycles. The Morgan fingerprint density at radius 2 is 2.25 bits per heavy atom. The fourth-order valence-electron chi connectivity index (χ4n) is 2.87. The molecule has 2 heterocycles. The average Bonchev–Trinajstić information content (AvgIpc) is 2.90. The first-order chi connectivity index (χ1) is 9.61.